The Kier molecular flexibility index (Phi) is 3.41. The van der Waals surface area contributed by atoms with Gasteiger partial charge < -0.3 is 11.1 Å². The Labute approximate surface area is 125 Å². The van der Waals surface area contributed by atoms with Gasteiger partial charge in [-0.25, -0.2) is 4.98 Å². The second-order valence-corrected chi connectivity index (χ2v) is 4.79. The number of nitrogens with one attached hydrogen (secondary N) is 1. The first-order valence-electron chi connectivity index (χ1n) is 6.22. The lowest BCUT2D eigenvalue weighted by atomic mass is 10.1. The van der Waals surface area contributed by atoms with E-state index in [4.69, 9.17) is 17.3 Å². The number of fused-ring (bicyclic) bond motifs is 1. The Morgan fingerprint density at radius 3 is 2.67 bits per heavy atom. The van der Waals surface area contributed by atoms with E-state index >= 15 is 0 Å². The van der Waals surface area contributed by atoms with Gasteiger partial charge in [-0.3, -0.25) is 9.78 Å². The minimum atomic E-state index is -0.338. The predicted molar refractivity (Wildman–Crippen MR) is 83.4 cm³/mol. The molecule has 5 nitrogen and oxygen atoms in total. The third kappa shape index (κ3) is 2.51. The van der Waals surface area contributed by atoms with Crippen LogP contribution in [0.3, 0.4) is 0 Å². The van der Waals surface area contributed by atoms with Crippen molar-refractivity contribution in [3.8, 4) is 0 Å². The zero-order valence-electron chi connectivity index (χ0n) is 10.9. The number of benzene rings is 1. The van der Waals surface area contributed by atoms with Crippen LogP contribution in [0.15, 0.2) is 48.8 Å². The van der Waals surface area contributed by atoms with Crippen LogP contribution in [0.4, 0.5) is 11.5 Å². The molecule has 3 rings (SSSR count). The van der Waals surface area contributed by atoms with Crippen molar-refractivity contribution in [1.29, 1.82) is 0 Å². The van der Waals surface area contributed by atoms with Crippen molar-refractivity contribution < 1.29 is 4.79 Å². The molecule has 6 heteroatoms. The van der Waals surface area contributed by atoms with Crippen LogP contribution in [0.5, 0.6) is 0 Å². The number of nitrogens with zero attached hydrogens (tertiary/aromatic N) is 2. The molecule has 0 aliphatic heterocycles. The Balaban J connectivity index is 2.01. The maximum atomic E-state index is 12.3. The summed E-state index contributed by atoms with van der Waals surface area (Å²) in [4.78, 5) is 20.4. The van der Waals surface area contributed by atoms with Crippen molar-refractivity contribution in [2.24, 2.45) is 0 Å². The molecule has 0 atom stereocenters. The van der Waals surface area contributed by atoms with Gasteiger partial charge in [-0.15, -0.1) is 0 Å². The first-order valence-corrected chi connectivity index (χ1v) is 6.59. The first kappa shape index (κ1) is 13.3. The minimum absolute atomic E-state index is 0.182. The smallest absolute Gasteiger partial charge is 0.259 e. The van der Waals surface area contributed by atoms with Crippen LogP contribution in [-0.4, -0.2) is 15.9 Å². The van der Waals surface area contributed by atoms with Gasteiger partial charge in [-0.2, -0.15) is 0 Å². The Hall–Kier alpha value is -2.66. The quantitative estimate of drug-likeness (QED) is 0.761. The molecular weight excluding hydrogens is 288 g/mol. The summed E-state index contributed by atoms with van der Waals surface area (Å²) in [5, 5.41) is 4.14. The number of nitrogens with two attached hydrogens (primary N) is 1. The maximum absolute atomic E-state index is 12.3. The number of hydrogen-bond acceptors (Lipinski definition) is 4. The fourth-order valence-electron chi connectivity index (χ4n) is 2.04. The molecule has 0 fully saturated rings. The monoisotopic (exact) mass is 298 g/mol. The molecule has 3 N–H and O–H groups in total. The zero-order valence-corrected chi connectivity index (χ0v) is 11.6. The lowest BCUT2D eigenvalue weighted by molar-refractivity contribution is 0.102. The van der Waals surface area contributed by atoms with Crippen molar-refractivity contribution >= 4 is 39.9 Å². The number of rotatable bonds is 2. The Morgan fingerprint density at radius 1 is 1.10 bits per heavy atom. The summed E-state index contributed by atoms with van der Waals surface area (Å²) in [7, 11) is 0. The Morgan fingerprint density at radius 2 is 1.86 bits per heavy atom. The van der Waals surface area contributed by atoms with Gasteiger partial charge >= 0.3 is 0 Å². The second-order valence-electron chi connectivity index (χ2n) is 4.38. The van der Waals surface area contributed by atoms with Gasteiger partial charge in [0, 0.05) is 17.8 Å². The normalized spacial score (nSPS) is 10.5. The third-order valence-corrected chi connectivity index (χ3v) is 3.38. The van der Waals surface area contributed by atoms with Crippen LogP contribution in [0, 0.1) is 0 Å². The van der Waals surface area contributed by atoms with Gasteiger partial charge in [0.15, 0.2) is 0 Å². The highest BCUT2D eigenvalue weighted by molar-refractivity contribution is 6.36. The number of nitrogen functional groups attached to an aromatic ring is 1. The number of anilines is 2. The fourth-order valence-corrected chi connectivity index (χ4v) is 2.25. The van der Waals surface area contributed by atoms with E-state index in [0.717, 1.165) is 5.39 Å². The third-order valence-electron chi connectivity index (χ3n) is 3.05. The molecule has 0 unspecified atom stereocenters. The number of amides is 1. The molecule has 1 aromatic carbocycles. The number of carbonyl (C=O) groups is 1. The molecular formula is C15H11ClN4O. The van der Waals surface area contributed by atoms with Gasteiger partial charge in [0.1, 0.15) is 5.82 Å². The molecule has 2 heterocycles. The number of pyridine rings is 2. The summed E-state index contributed by atoms with van der Waals surface area (Å²) in [5.41, 5.74) is 7.22. The lowest BCUT2D eigenvalue weighted by Crippen LogP contribution is -2.15. The second kappa shape index (κ2) is 5.38. The van der Waals surface area contributed by atoms with Crippen LogP contribution in [0.1, 0.15) is 10.4 Å². The summed E-state index contributed by atoms with van der Waals surface area (Å²) in [6.45, 7) is 0. The number of carbonyl (C=O) groups excluding carboxylic acids is 1. The molecule has 2 aromatic heterocycles. The topological polar surface area (TPSA) is 80.9 Å². The summed E-state index contributed by atoms with van der Waals surface area (Å²) in [5.74, 6) is -0.156. The van der Waals surface area contributed by atoms with E-state index in [0.29, 0.717) is 21.8 Å². The van der Waals surface area contributed by atoms with Crippen molar-refractivity contribution in [3.63, 3.8) is 0 Å². The maximum Gasteiger partial charge on any atom is 0.259 e. The number of halogens is 1. The van der Waals surface area contributed by atoms with Crippen LogP contribution < -0.4 is 11.1 Å². The summed E-state index contributed by atoms with van der Waals surface area (Å²) >= 11 is 6.13. The number of hydrogen-bond donors (Lipinski definition) is 2. The van der Waals surface area contributed by atoms with E-state index in [2.05, 4.69) is 15.3 Å². The summed E-state index contributed by atoms with van der Waals surface area (Å²) in [6.07, 6.45) is 3.18. The molecule has 3 aromatic rings. The average molecular weight is 299 g/mol. The molecule has 0 aliphatic carbocycles. The molecule has 104 valence electrons. The van der Waals surface area contributed by atoms with Crippen molar-refractivity contribution in [3.05, 3.63) is 59.4 Å². The molecule has 0 radical (unpaired) electrons. The van der Waals surface area contributed by atoms with Crippen molar-refractivity contribution in [1.82, 2.24) is 9.97 Å². The van der Waals surface area contributed by atoms with E-state index in [-0.39, 0.29) is 11.7 Å². The molecule has 1 amide bonds. The minimum Gasteiger partial charge on any atom is -0.383 e. The standard InChI is InChI=1S/C15H11ClN4O/c16-11-5-6-12(13-9(11)3-1-7-18-13)20-15(21)10-4-2-8-19-14(10)17/h1-8H,(H2,17,19)(H,20,21). The molecule has 0 spiro atoms. The molecule has 21 heavy (non-hydrogen) atoms. The van der Waals surface area contributed by atoms with Gasteiger partial charge in [0.05, 0.1) is 21.8 Å². The summed E-state index contributed by atoms with van der Waals surface area (Å²) in [6, 6.07) is 10.3. The van der Waals surface area contributed by atoms with Crippen LogP contribution >= 0.6 is 11.6 Å². The van der Waals surface area contributed by atoms with Crippen LogP contribution in [0.2, 0.25) is 5.02 Å². The van der Waals surface area contributed by atoms with Gasteiger partial charge in [0.2, 0.25) is 0 Å². The summed E-state index contributed by atoms with van der Waals surface area (Å²) < 4.78 is 0. The SMILES string of the molecule is Nc1ncccc1C(=O)Nc1ccc(Cl)c2cccnc12. The largest absolute Gasteiger partial charge is 0.383 e. The fraction of sp³-hybridized carbons (Fsp3) is 0. The van der Waals surface area contributed by atoms with E-state index in [1.807, 2.05) is 6.07 Å². The van der Waals surface area contributed by atoms with Crippen molar-refractivity contribution in [2.45, 2.75) is 0 Å². The van der Waals surface area contributed by atoms with Gasteiger partial charge in [0.25, 0.3) is 5.91 Å². The van der Waals surface area contributed by atoms with E-state index < -0.39 is 0 Å². The van der Waals surface area contributed by atoms with E-state index in [1.165, 1.54) is 6.20 Å². The average Bonchev–Trinajstić information content (AvgIpc) is 2.51. The van der Waals surface area contributed by atoms with Crippen molar-refractivity contribution in [2.75, 3.05) is 11.1 Å². The molecule has 0 saturated carbocycles. The highest BCUT2D eigenvalue weighted by Gasteiger charge is 2.13. The van der Waals surface area contributed by atoms with Gasteiger partial charge in [-0.05, 0) is 36.4 Å². The highest BCUT2D eigenvalue weighted by atomic mass is 35.5. The van der Waals surface area contributed by atoms with Crippen LogP contribution in [0.25, 0.3) is 10.9 Å². The highest BCUT2D eigenvalue weighted by Crippen LogP contribution is 2.28. The van der Waals surface area contributed by atoms with Crippen LogP contribution in [-0.2, 0) is 0 Å². The predicted octanol–water partition coefficient (Wildman–Crippen LogP) is 3.12. The zero-order chi connectivity index (χ0) is 14.8. The van der Waals surface area contributed by atoms with E-state index in [1.54, 1.807) is 36.5 Å². The van der Waals surface area contributed by atoms with E-state index in [9.17, 15) is 4.79 Å². The Bertz CT molecular complexity index is 835. The first-order chi connectivity index (χ1) is 10.2. The lowest BCUT2D eigenvalue weighted by Gasteiger charge is -2.09. The molecule has 0 aliphatic rings. The van der Waals surface area contributed by atoms with Gasteiger partial charge in [-0.1, -0.05) is 11.6 Å². The molecule has 0 saturated heterocycles. The molecule has 0 bridgehead atoms. The number of aromatic nitrogens is 2.